The van der Waals surface area contributed by atoms with E-state index in [1.165, 1.54) is 0 Å². The molecule has 0 fully saturated rings. The second-order valence-electron chi connectivity index (χ2n) is 4.23. The van der Waals surface area contributed by atoms with E-state index in [0.717, 1.165) is 25.4 Å². The van der Waals surface area contributed by atoms with Crippen LogP contribution in [0.2, 0.25) is 5.02 Å². The topological polar surface area (TPSA) is 51.8 Å². The number of nitrogen functional groups attached to an aromatic ring is 1. The molecule has 0 saturated carbocycles. The maximum Gasteiger partial charge on any atom is 0.162 e. The van der Waals surface area contributed by atoms with E-state index in [4.69, 9.17) is 17.3 Å². The number of hydrogen-bond acceptors (Lipinski definition) is 3. The van der Waals surface area contributed by atoms with Crippen molar-refractivity contribution in [3.8, 4) is 11.4 Å². The maximum atomic E-state index is 6.04. The SMILES string of the molecule is Nc1nc(-c2cccc(Cl)c2)nc2c(Br)cc(Br)cc12. The average Bonchev–Trinajstić information content (AvgIpc) is 2.39. The fourth-order valence-corrected chi connectivity index (χ4v) is 3.44. The lowest BCUT2D eigenvalue weighted by Crippen LogP contribution is -1.98. The van der Waals surface area contributed by atoms with E-state index >= 15 is 0 Å². The zero-order valence-electron chi connectivity index (χ0n) is 10.1. The predicted octanol–water partition coefficient (Wildman–Crippen LogP) is 5.06. The molecule has 0 amide bonds. The molecule has 3 aromatic rings. The summed E-state index contributed by atoms with van der Waals surface area (Å²) in [5.41, 5.74) is 7.65. The van der Waals surface area contributed by atoms with Gasteiger partial charge in [-0.1, -0.05) is 39.7 Å². The van der Waals surface area contributed by atoms with Crippen molar-refractivity contribution in [1.82, 2.24) is 9.97 Å². The van der Waals surface area contributed by atoms with Gasteiger partial charge < -0.3 is 5.73 Å². The second kappa shape index (κ2) is 5.31. The monoisotopic (exact) mass is 411 g/mol. The second-order valence-corrected chi connectivity index (χ2v) is 6.43. The van der Waals surface area contributed by atoms with Crippen molar-refractivity contribution in [3.05, 3.63) is 50.4 Å². The zero-order chi connectivity index (χ0) is 14.3. The smallest absolute Gasteiger partial charge is 0.162 e. The molecule has 0 aliphatic heterocycles. The molecule has 3 nitrogen and oxygen atoms in total. The number of halogens is 3. The van der Waals surface area contributed by atoms with Gasteiger partial charge in [0.25, 0.3) is 0 Å². The van der Waals surface area contributed by atoms with Crippen LogP contribution >= 0.6 is 43.5 Å². The first kappa shape index (κ1) is 13.8. The molecule has 2 aromatic carbocycles. The van der Waals surface area contributed by atoms with Gasteiger partial charge in [-0.15, -0.1) is 0 Å². The van der Waals surface area contributed by atoms with Crippen LogP contribution in [0.1, 0.15) is 0 Å². The fraction of sp³-hybridized carbons (Fsp3) is 0. The third kappa shape index (κ3) is 2.53. The third-order valence-electron chi connectivity index (χ3n) is 2.83. The van der Waals surface area contributed by atoms with Gasteiger partial charge in [0.2, 0.25) is 0 Å². The first-order chi connectivity index (χ1) is 9.54. The van der Waals surface area contributed by atoms with Gasteiger partial charge in [0.1, 0.15) is 5.82 Å². The van der Waals surface area contributed by atoms with Gasteiger partial charge in [0, 0.05) is 24.9 Å². The maximum absolute atomic E-state index is 6.04. The van der Waals surface area contributed by atoms with Crippen molar-refractivity contribution < 1.29 is 0 Å². The van der Waals surface area contributed by atoms with E-state index in [1.807, 2.05) is 36.4 Å². The Labute approximate surface area is 137 Å². The highest BCUT2D eigenvalue weighted by molar-refractivity contribution is 9.11. The Morgan fingerprint density at radius 2 is 1.85 bits per heavy atom. The van der Waals surface area contributed by atoms with Gasteiger partial charge in [0.05, 0.1) is 5.52 Å². The van der Waals surface area contributed by atoms with Crippen molar-refractivity contribution in [2.45, 2.75) is 0 Å². The number of nitrogens with two attached hydrogens (primary N) is 1. The Hall–Kier alpha value is -1.17. The molecule has 0 unspecified atom stereocenters. The summed E-state index contributed by atoms with van der Waals surface area (Å²) in [5, 5.41) is 1.44. The van der Waals surface area contributed by atoms with Crippen molar-refractivity contribution in [2.75, 3.05) is 5.73 Å². The number of fused-ring (bicyclic) bond motifs is 1. The fourth-order valence-electron chi connectivity index (χ4n) is 1.94. The van der Waals surface area contributed by atoms with E-state index < -0.39 is 0 Å². The standard InChI is InChI=1S/C14H8Br2ClN3/c15-8-5-10-12(11(16)6-8)19-14(20-13(10)18)7-2-1-3-9(17)4-7/h1-6H,(H2,18,19,20). The van der Waals surface area contributed by atoms with Gasteiger partial charge >= 0.3 is 0 Å². The molecule has 0 saturated heterocycles. The minimum absolute atomic E-state index is 0.437. The number of aromatic nitrogens is 2. The summed E-state index contributed by atoms with van der Waals surface area (Å²) >= 11 is 12.9. The van der Waals surface area contributed by atoms with E-state index in [1.54, 1.807) is 0 Å². The predicted molar refractivity (Wildman–Crippen MR) is 89.8 cm³/mol. The minimum atomic E-state index is 0.437. The van der Waals surface area contributed by atoms with Crippen molar-refractivity contribution >= 4 is 60.2 Å². The van der Waals surface area contributed by atoms with E-state index in [2.05, 4.69) is 41.8 Å². The van der Waals surface area contributed by atoms with Crippen LogP contribution in [-0.4, -0.2) is 9.97 Å². The lowest BCUT2D eigenvalue weighted by molar-refractivity contribution is 1.23. The Kier molecular flexibility index (Phi) is 3.67. The molecule has 0 bridgehead atoms. The highest BCUT2D eigenvalue weighted by Crippen LogP contribution is 2.32. The van der Waals surface area contributed by atoms with Crippen LogP contribution in [-0.2, 0) is 0 Å². The van der Waals surface area contributed by atoms with Crippen LogP contribution in [0.15, 0.2) is 45.3 Å². The molecule has 3 rings (SSSR count). The highest BCUT2D eigenvalue weighted by Gasteiger charge is 2.11. The Bertz CT molecular complexity index is 821. The molecule has 6 heteroatoms. The number of nitrogens with zero attached hydrogens (tertiary/aromatic N) is 2. The van der Waals surface area contributed by atoms with Gasteiger partial charge in [-0.05, 0) is 40.2 Å². The average molecular weight is 414 g/mol. The first-order valence-corrected chi connectivity index (χ1v) is 7.69. The summed E-state index contributed by atoms with van der Waals surface area (Å²) in [4.78, 5) is 8.93. The lowest BCUT2D eigenvalue weighted by atomic mass is 10.2. The summed E-state index contributed by atoms with van der Waals surface area (Å²) in [7, 11) is 0. The Balaban J connectivity index is 2.29. The molecule has 2 N–H and O–H groups in total. The van der Waals surface area contributed by atoms with Crippen molar-refractivity contribution in [1.29, 1.82) is 0 Å². The van der Waals surface area contributed by atoms with Gasteiger partial charge in [-0.2, -0.15) is 0 Å². The summed E-state index contributed by atoms with van der Waals surface area (Å²) in [6.45, 7) is 0. The molecule has 0 radical (unpaired) electrons. The van der Waals surface area contributed by atoms with Crippen LogP contribution < -0.4 is 5.73 Å². The number of benzene rings is 2. The summed E-state index contributed by atoms with van der Waals surface area (Å²) in [6.07, 6.45) is 0. The molecule has 0 atom stereocenters. The third-order valence-corrected chi connectivity index (χ3v) is 4.13. The molecule has 0 spiro atoms. The van der Waals surface area contributed by atoms with Crippen molar-refractivity contribution in [3.63, 3.8) is 0 Å². The molecule has 0 aliphatic carbocycles. The summed E-state index contributed by atoms with van der Waals surface area (Å²) in [5.74, 6) is 0.993. The van der Waals surface area contributed by atoms with Gasteiger partial charge in [-0.25, -0.2) is 9.97 Å². The normalized spacial score (nSPS) is 10.9. The van der Waals surface area contributed by atoms with Crippen LogP contribution in [0.5, 0.6) is 0 Å². The number of rotatable bonds is 1. The Morgan fingerprint density at radius 3 is 2.60 bits per heavy atom. The molecule has 1 heterocycles. The van der Waals surface area contributed by atoms with E-state index in [9.17, 15) is 0 Å². The van der Waals surface area contributed by atoms with Crippen LogP contribution in [0.3, 0.4) is 0 Å². The summed E-state index contributed by atoms with van der Waals surface area (Å²) < 4.78 is 1.78. The minimum Gasteiger partial charge on any atom is -0.383 e. The van der Waals surface area contributed by atoms with Gasteiger partial charge in [0.15, 0.2) is 5.82 Å². The molecule has 1 aromatic heterocycles. The van der Waals surface area contributed by atoms with Crippen molar-refractivity contribution in [2.24, 2.45) is 0 Å². The largest absolute Gasteiger partial charge is 0.383 e. The van der Waals surface area contributed by atoms with Crippen LogP contribution in [0.25, 0.3) is 22.3 Å². The Morgan fingerprint density at radius 1 is 1.05 bits per heavy atom. The molecular weight excluding hydrogens is 405 g/mol. The molecule has 20 heavy (non-hydrogen) atoms. The number of hydrogen-bond donors (Lipinski definition) is 1. The lowest BCUT2D eigenvalue weighted by Gasteiger charge is -2.08. The van der Waals surface area contributed by atoms with Crippen LogP contribution in [0, 0.1) is 0 Å². The molecule has 0 aliphatic rings. The van der Waals surface area contributed by atoms with Crippen LogP contribution in [0.4, 0.5) is 5.82 Å². The zero-order valence-corrected chi connectivity index (χ0v) is 14.0. The quantitative estimate of drug-likeness (QED) is 0.607. The summed E-state index contributed by atoms with van der Waals surface area (Å²) in [6, 6.07) is 11.2. The van der Waals surface area contributed by atoms with E-state index in [0.29, 0.717) is 16.7 Å². The van der Waals surface area contributed by atoms with Gasteiger partial charge in [-0.3, -0.25) is 0 Å². The highest BCUT2D eigenvalue weighted by atomic mass is 79.9. The van der Waals surface area contributed by atoms with E-state index in [-0.39, 0.29) is 0 Å². The molecular formula is C14H8Br2ClN3. The number of anilines is 1. The first-order valence-electron chi connectivity index (χ1n) is 5.73. The molecule has 100 valence electrons.